The summed E-state index contributed by atoms with van der Waals surface area (Å²) in [5, 5.41) is 8.92. The van der Waals surface area contributed by atoms with E-state index < -0.39 is 0 Å². The van der Waals surface area contributed by atoms with Crippen LogP contribution in [-0.4, -0.2) is 5.11 Å². The van der Waals surface area contributed by atoms with Crippen molar-refractivity contribution in [3.05, 3.63) is 59.7 Å². The summed E-state index contributed by atoms with van der Waals surface area (Å²) in [7, 11) is 0. The minimum Gasteiger partial charge on any atom is -0.457 e. The highest BCUT2D eigenvalue weighted by Crippen LogP contribution is 2.24. The van der Waals surface area contributed by atoms with Crippen molar-refractivity contribution in [1.82, 2.24) is 0 Å². The van der Waals surface area contributed by atoms with Crippen molar-refractivity contribution in [3.8, 4) is 11.5 Å². The SMILES string of the molecule is Cc1ccccc1Oc1ccc(CO)cc1. The highest BCUT2D eigenvalue weighted by molar-refractivity contribution is 5.37. The Morgan fingerprint density at radius 2 is 1.69 bits per heavy atom. The van der Waals surface area contributed by atoms with Crippen LogP contribution in [0, 0.1) is 6.92 Å². The van der Waals surface area contributed by atoms with E-state index in [9.17, 15) is 0 Å². The number of hydrogen-bond donors (Lipinski definition) is 1. The zero-order chi connectivity index (χ0) is 11.4. The lowest BCUT2D eigenvalue weighted by Crippen LogP contribution is -1.88. The molecule has 16 heavy (non-hydrogen) atoms. The molecule has 0 bridgehead atoms. The lowest BCUT2D eigenvalue weighted by atomic mass is 10.2. The molecule has 0 aliphatic rings. The molecule has 0 aliphatic carbocycles. The number of para-hydroxylation sites is 1. The van der Waals surface area contributed by atoms with Crippen molar-refractivity contribution >= 4 is 0 Å². The largest absolute Gasteiger partial charge is 0.457 e. The van der Waals surface area contributed by atoms with Crippen LogP contribution in [0.2, 0.25) is 0 Å². The average molecular weight is 214 g/mol. The highest BCUT2D eigenvalue weighted by Gasteiger charge is 1.99. The van der Waals surface area contributed by atoms with Crippen molar-refractivity contribution in [2.75, 3.05) is 0 Å². The minimum atomic E-state index is 0.0602. The number of ether oxygens (including phenoxy) is 1. The molecule has 2 aromatic rings. The fraction of sp³-hybridized carbons (Fsp3) is 0.143. The summed E-state index contributed by atoms with van der Waals surface area (Å²) in [5.74, 6) is 1.64. The summed E-state index contributed by atoms with van der Waals surface area (Å²) in [5.41, 5.74) is 1.99. The van der Waals surface area contributed by atoms with E-state index in [1.54, 1.807) is 0 Å². The van der Waals surface area contributed by atoms with Gasteiger partial charge in [-0.3, -0.25) is 0 Å². The van der Waals surface area contributed by atoms with Crippen LogP contribution in [0.25, 0.3) is 0 Å². The standard InChI is InChI=1S/C14H14O2/c1-11-4-2-3-5-14(11)16-13-8-6-12(10-15)7-9-13/h2-9,15H,10H2,1H3. The van der Waals surface area contributed by atoms with Gasteiger partial charge in [0.1, 0.15) is 11.5 Å². The smallest absolute Gasteiger partial charge is 0.130 e. The lowest BCUT2D eigenvalue weighted by molar-refractivity contribution is 0.281. The molecule has 0 radical (unpaired) electrons. The molecule has 0 unspecified atom stereocenters. The molecular formula is C14H14O2. The molecule has 82 valence electrons. The van der Waals surface area contributed by atoms with Crippen molar-refractivity contribution in [1.29, 1.82) is 0 Å². The zero-order valence-corrected chi connectivity index (χ0v) is 9.18. The van der Waals surface area contributed by atoms with E-state index in [4.69, 9.17) is 9.84 Å². The van der Waals surface area contributed by atoms with Crippen LogP contribution >= 0.6 is 0 Å². The van der Waals surface area contributed by atoms with Gasteiger partial charge in [-0.25, -0.2) is 0 Å². The Labute approximate surface area is 95.1 Å². The lowest BCUT2D eigenvalue weighted by Gasteiger charge is -2.08. The van der Waals surface area contributed by atoms with Gasteiger partial charge in [0.15, 0.2) is 0 Å². The molecule has 1 N–H and O–H groups in total. The molecule has 0 saturated heterocycles. The van der Waals surface area contributed by atoms with Crippen molar-refractivity contribution in [3.63, 3.8) is 0 Å². The van der Waals surface area contributed by atoms with E-state index in [1.807, 2.05) is 55.5 Å². The third-order valence-corrected chi connectivity index (χ3v) is 2.43. The second-order valence-electron chi connectivity index (χ2n) is 3.67. The van der Waals surface area contributed by atoms with Gasteiger partial charge in [0.05, 0.1) is 6.61 Å². The monoisotopic (exact) mass is 214 g/mol. The van der Waals surface area contributed by atoms with Crippen LogP contribution in [0.4, 0.5) is 0 Å². The third-order valence-electron chi connectivity index (χ3n) is 2.43. The molecule has 0 atom stereocenters. The molecule has 2 heteroatoms. The second kappa shape index (κ2) is 4.81. The number of benzene rings is 2. The first kappa shape index (κ1) is 10.7. The highest BCUT2D eigenvalue weighted by atomic mass is 16.5. The van der Waals surface area contributed by atoms with Gasteiger partial charge in [-0.2, -0.15) is 0 Å². The molecule has 0 heterocycles. The number of rotatable bonds is 3. The Hall–Kier alpha value is -1.80. The van der Waals surface area contributed by atoms with E-state index in [0.717, 1.165) is 22.6 Å². The predicted molar refractivity (Wildman–Crippen MR) is 63.6 cm³/mol. The van der Waals surface area contributed by atoms with E-state index in [-0.39, 0.29) is 6.61 Å². The quantitative estimate of drug-likeness (QED) is 0.849. The maximum Gasteiger partial charge on any atom is 0.130 e. The Kier molecular flexibility index (Phi) is 3.22. The number of aliphatic hydroxyl groups is 1. The van der Waals surface area contributed by atoms with Gasteiger partial charge in [0.25, 0.3) is 0 Å². The fourth-order valence-electron chi connectivity index (χ4n) is 1.46. The van der Waals surface area contributed by atoms with Gasteiger partial charge in [0.2, 0.25) is 0 Å². The molecule has 2 rings (SSSR count). The molecular weight excluding hydrogens is 200 g/mol. The minimum absolute atomic E-state index is 0.0602. The second-order valence-corrected chi connectivity index (χ2v) is 3.67. The maximum atomic E-state index is 8.92. The van der Waals surface area contributed by atoms with E-state index in [1.165, 1.54) is 0 Å². The normalized spacial score (nSPS) is 10.1. The maximum absolute atomic E-state index is 8.92. The summed E-state index contributed by atoms with van der Waals surface area (Å²) in [6, 6.07) is 15.3. The average Bonchev–Trinajstić information content (AvgIpc) is 2.33. The summed E-state index contributed by atoms with van der Waals surface area (Å²) in [4.78, 5) is 0. The van der Waals surface area contributed by atoms with Crippen molar-refractivity contribution in [2.24, 2.45) is 0 Å². The first-order valence-electron chi connectivity index (χ1n) is 5.23. The predicted octanol–water partition coefficient (Wildman–Crippen LogP) is 3.28. The Morgan fingerprint density at radius 1 is 1.00 bits per heavy atom. The fourth-order valence-corrected chi connectivity index (χ4v) is 1.46. The Balaban J connectivity index is 2.18. The first-order chi connectivity index (χ1) is 7.79. The summed E-state index contributed by atoms with van der Waals surface area (Å²) in [6.45, 7) is 2.07. The molecule has 0 aliphatic heterocycles. The third kappa shape index (κ3) is 2.41. The Morgan fingerprint density at radius 3 is 2.31 bits per heavy atom. The summed E-state index contributed by atoms with van der Waals surface area (Å²) >= 11 is 0. The van der Waals surface area contributed by atoms with Gasteiger partial charge >= 0.3 is 0 Å². The first-order valence-corrected chi connectivity index (χ1v) is 5.23. The molecule has 0 spiro atoms. The summed E-state index contributed by atoms with van der Waals surface area (Å²) in [6.07, 6.45) is 0. The molecule has 0 saturated carbocycles. The molecule has 2 nitrogen and oxygen atoms in total. The van der Waals surface area contributed by atoms with Crippen LogP contribution in [0.1, 0.15) is 11.1 Å². The molecule has 0 amide bonds. The van der Waals surface area contributed by atoms with E-state index in [2.05, 4.69) is 0 Å². The Bertz CT molecular complexity index is 460. The molecule has 2 aromatic carbocycles. The van der Waals surface area contributed by atoms with Gasteiger partial charge < -0.3 is 9.84 Å². The topological polar surface area (TPSA) is 29.5 Å². The van der Waals surface area contributed by atoms with E-state index in [0.29, 0.717) is 0 Å². The summed E-state index contributed by atoms with van der Waals surface area (Å²) < 4.78 is 5.73. The van der Waals surface area contributed by atoms with Crippen LogP contribution in [0.5, 0.6) is 11.5 Å². The molecule has 0 aromatic heterocycles. The number of aryl methyl sites for hydroxylation is 1. The van der Waals surface area contributed by atoms with Gasteiger partial charge in [-0.1, -0.05) is 30.3 Å². The number of aliphatic hydroxyl groups excluding tert-OH is 1. The number of hydrogen-bond acceptors (Lipinski definition) is 2. The van der Waals surface area contributed by atoms with Crippen LogP contribution in [0.15, 0.2) is 48.5 Å². The zero-order valence-electron chi connectivity index (χ0n) is 9.18. The van der Waals surface area contributed by atoms with Gasteiger partial charge in [-0.05, 0) is 36.2 Å². The molecule has 0 fully saturated rings. The van der Waals surface area contributed by atoms with Crippen LogP contribution in [-0.2, 0) is 6.61 Å². The van der Waals surface area contributed by atoms with Crippen LogP contribution in [0.3, 0.4) is 0 Å². The van der Waals surface area contributed by atoms with Crippen LogP contribution < -0.4 is 4.74 Å². The van der Waals surface area contributed by atoms with Gasteiger partial charge in [0, 0.05) is 0 Å². The van der Waals surface area contributed by atoms with E-state index >= 15 is 0 Å². The van der Waals surface area contributed by atoms with Crippen molar-refractivity contribution in [2.45, 2.75) is 13.5 Å². The van der Waals surface area contributed by atoms with Gasteiger partial charge in [-0.15, -0.1) is 0 Å². The van der Waals surface area contributed by atoms with Crippen molar-refractivity contribution < 1.29 is 9.84 Å².